The van der Waals surface area contributed by atoms with Crippen LogP contribution < -0.4 is 5.32 Å². The molecule has 5 nitrogen and oxygen atoms in total. The van der Waals surface area contributed by atoms with Gasteiger partial charge in [0.15, 0.2) is 0 Å². The second-order valence-corrected chi connectivity index (χ2v) is 8.56. The van der Waals surface area contributed by atoms with Gasteiger partial charge in [0.1, 0.15) is 6.61 Å². The molecule has 4 fully saturated rings. The number of likely N-dealkylation sites (tertiary alicyclic amines) is 2. The van der Waals surface area contributed by atoms with Crippen molar-refractivity contribution < 1.29 is 9.53 Å². The molecule has 3 aliphatic heterocycles. The van der Waals surface area contributed by atoms with Crippen LogP contribution >= 0.6 is 0 Å². The van der Waals surface area contributed by atoms with Crippen molar-refractivity contribution in [2.45, 2.75) is 49.7 Å². The molecule has 5 heteroatoms. The highest BCUT2D eigenvalue weighted by atomic mass is 16.5. The van der Waals surface area contributed by atoms with E-state index in [4.69, 9.17) is 4.74 Å². The number of benzene rings is 1. The minimum absolute atomic E-state index is 0.0301. The van der Waals surface area contributed by atoms with E-state index in [1.165, 1.54) is 30.4 Å². The first-order valence-electron chi connectivity index (χ1n) is 10.2. The van der Waals surface area contributed by atoms with Crippen molar-refractivity contribution in [2.75, 3.05) is 39.5 Å². The molecular weight excluding hydrogens is 326 g/mol. The number of carbonyl (C=O) groups is 1. The molecule has 0 radical (unpaired) electrons. The predicted octanol–water partition coefficient (Wildman–Crippen LogP) is 1.90. The summed E-state index contributed by atoms with van der Waals surface area (Å²) in [7, 11) is 0. The molecule has 0 unspecified atom stereocenters. The van der Waals surface area contributed by atoms with Gasteiger partial charge in [-0.15, -0.1) is 0 Å². The van der Waals surface area contributed by atoms with E-state index < -0.39 is 0 Å². The number of nitrogens with one attached hydrogen (secondary N) is 1. The minimum Gasteiger partial charge on any atom is -0.366 e. The van der Waals surface area contributed by atoms with Crippen LogP contribution in [0.1, 0.15) is 48.6 Å². The summed E-state index contributed by atoms with van der Waals surface area (Å²) in [5.74, 6) is 1.54. The Labute approximate surface area is 155 Å². The van der Waals surface area contributed by atoms with Gasteiger partial charge in [0.05, 0.1) is 18.8 Å². The Morgan fingerprint density at radius 1 is 0.962 bits per heavy atom. The standard InChI is InChI=1S/C21H29N3O2/c25-21-13-26-20-8-9-23(12-19(20)22-21)14-24-10-18(11-24)17-6-4-16(5-7-17)15-2-1-3-15/h4-7,15,18-20H,1-3,8-14H2,(H,22,25)/t19-,20+/m1/s1. The molecule has 1 saturated carbocycles. The summed E-state index contributed by atoms with van der Waals surface area (Å²) < 4.78 is 5.65. The fourth-order valence-corrected chi connectivity index (χ4v) is 4.86. The molecule has 1 aromatic carbocycles. The number of hydrogen-bond acceptors (Lipinski definition) is 4. The van der Waals surface area contributed by atoms with Gasteiger partial charge >= 0.3 is 0 Å². The van der Waals surface area contributed by atoms with Gasteiger partial charge in [-0.25, -0.2) is 0 Å². The number of carbonyl (C=O) groups excluding carboxylic acids is 1. The molecule has 3 heterocycles. The summed E-state index contributed by atoms with van der Waals surface area (Å²) >= 11 is 0. The summed E-state index contributed by atoms with van der Waals surface area (Å²) in [5.41, 5.74) is 3.03. The summed E-state index contributed by atoms with van der Waals surface area (Å²) in [5, 5.41) is 3.09. The lowest BCUT2D eigenvalue weighted by Gasteiger charge is -2.46. The summed E-state index contributed by atoms with van der Waals surface area (Å²) in [6.07, 6.45) is 5.38. The molecule has 1 aromatic rings. The second-order valence-electron chi connectivity index (χ2n) is 8.56. The van der Waals surface area contributed by atoms with Crippen molar-refractivity contribution in [3.63, 3.8) is 0 Å². The summed E-state index contributed by atoms with van der Waals surface area (Å²) in [4.78, 5) is 16.5. The number of fused-ring (bicyclic) bond motifs is 1. The van der Waals surface area contributed by atoms with E-state index in [0.717, 1.165) is 45.2 Å². The second kappa shape index (κ2) is 6.95. The van der Waals surface area contributed by atoms with E-state index in [1.54, 1.807) is 0 Å². The zero-order valence-corrected chi connectivity index (χ0v) is 15.4. The molecule has 26 heavy (non-hydrogen) atoms. The van der Waals surface area contributed by atoms with Crippen LogP contribution in [0.15, 0.2) is 24.3 Å². The molecule has 0 aromatic heterocycles. The Balaban J connectivity index is 1.10. The van der Waals surface area contributed by atoms with Gasteiger partial charge in [0.2, 0.25) is 5.91 Å². The van der Waals surface area contributed by atoms with Gasteiger partial charge in [-0.1, -0.05) is 30.7 Å². The van der Waals surface area contributed by atoms with Crippen LogP contribution in [0.25, 0.3) is 0 Å². The molecular formula is C21H29N3O2. The fourth-order valence-electron chi connectivity index (χ4n) is 4.86. The first kappa shape index (κ1) is 16.7. The maximum Gasteiger partial charge on any atom is 0.246 e. The smallest absolute Gasteiger partial charge is 0.246 e. The lowest BCUT2D eigenvalue weighted by molar-refractivity contribution is -0.141. The first-order valence-corrected chi connectivity index (χ1v) is 10.2. The summed E-state index contributed by atoms with van der Waals surface area (Å²) in [6.45, 7) is 5.51. The number of ether oxygens (including phenoxy) is 1. The molecule has 2 atom stereocenters. The van der Waals surface area contributed by atoms with Gasteiger partial charge in [-0.2, -0.15) is 0 Å². The van der Waals surface area contributed by atoms with Crippen LogP contribution in [-0.2, 0) is 9.53 Å². The molecule has 1 amide bonds. The number of rotatable bonds is 4. The molecule has 5 rings (SSSR count). The van der Waals surface area contributed by atoms with Crippen molar-refractivity contribution in [3.8, 4) is 0 Å². The molecule has 3 saturated heterocycles. The number of morpholine rings is 1. The molecule has 0 bridgehead atoms. The predicted molar refractivity (Wildman–Crippen MR) is 100 cm³/mol. The van der Waals surface area contributed by atoms with Gasteiger partial charge < -0.3 is 10.1 Å². The molecule has 1 aliphatic carbocycles. The highest BCUT2D eigenvalue weighted by molar-refractivity contribution is 5.78. The largest absolute Gasteiger partial charge is 0.366 e. The molecule has 140 valence electrons. The average molecular weight is 355 g/mol. The Hall–Kier alpha value is -1.43. The van der Waals surface area contributed by atoms with Crippen LogP contribution in [0.5, 0.6) is 0 Å². The van der Waals surface area contributed by atoms with Gasteiger partial charge in [-0.05, 0) is 36.3 Å². The van der Waals surface area contributed by atoms with Crippen LogP contribution in [-0.4, -0.2) is 67.3 Å². The zero-order valence-electron chi connectivity index (χ0n) is 15.4. The van der Waals surface area contributed by atoms with Crippen molar-refractivity contribution in [2.24, 2.45) is 0 Å². The van der Waals surface area contributed by atoms with Crippen molar-refractivity contribution in [1.29, 1.82) is 0 Å². The van der Waals surface area contributed by atoms with Crippen LogP contribution in [0.2, 0.25) is 0 Å². The van der Waals surface area contributed by atoms with E-state index >= 15 is 0 Å². The van der Waals surface area contributed by atoms with Crippen LogP contribution in [0.4, 0.5) is 0 Å². The summed E-state index contributed by atoms with van der Waals surface area (Å²) in [6, 6.07) is 9.60. The Morgan fingerprint density at radius 3 is 2.38 bits per heavy atom. The zero-order chi connectivity index (χ0) is 17.5. The third-order valence-corrected chi connectivity index (χ3v) is 6.75. The van der Waals surface area contributed by atoms with Crippen LogP contribution in [0, 0.1) is 0 Å². The lowest BCUT2D eigenvalue weighted by atomic mass is 9.79. The normalized spacial score (nSPS) is 31.0. The lowest BCUT2D eigenvalue weighted by Crippen LogP contribution is -2.62. The van der Waals surface area contributed by atoms with Gasteiger partial charge in [-0.3, -0.25) is 14.6 Å². The highest BCUT2D eigenvalue weighted by Crippen LogP contribution is 2.37. The van der Waals surface area contributed by atoms with E-state index in [2.05, 4.69) is 39.4 Å². The van der Waals surface area contributed by atoms with Gasteiger partial charge in [0.25, 0.3) is 0 Å². The van der Waals surface area contributed by atoms with Crippen molar-refractivity contribution in [3.05, 3.63) is 35.4 Å². The number of hydrogen-bond donors (Lipinski definition) is 1. The van der Waals surface area contributed by atoms with Crippen molar-refractivity contribution in [1.82, 2.24) is 15.1 Å². The maximum atomic E-state index is 11.5. The first-order chi connectivity index (χ1) is 12.7. The molecule has 4 aliphatic rings. The van der Waals surface area contributed by atoms with E-state index in [9.17, 15) is 4.79 Å². The number of amides is 1. The Kier molecular flexibility index (Phi) is 4.47. The minimum atomic E-state index is 0.0301. The molecule has 0 spiro atoms. The SMILES string of the molecule is O=C1CO[C@H]2CCN(CN3CC(c4ccc(C5CCC5)cc4)C3)C[C@H]2N1. The van der Waals surface area contributed by atoms with Crippen molar-refractivity contribution >= 4 is 5.91 Å². The van der Waals surface area contributed by atoms with E-state index in [0.29, 0.717) is 5.92 Å². The van der Waals surface area contributed by atoms with Gasteiger partial charge in [0, 0.05) is 32.1 Å². The third kappa shape index (κ3) is 3.28. The Morgan fingerprint density at radius 2 is 1.69 bits per heavy atom. The maximum absolute atomic E-state index is 11.5. The van der Waals surface area contributed by atoms with E-state index in [-0.39, 0.29) is 24.7 Å². The fraction of sp³-hybridized carbons (Fsp3) is 0.667. The average Bonchev–Trinajstić information content (AvgIpc) is 2.57. The third-order valence-electron chi connectivity index (χ3n) is 6.75. The molecule has 1 N–H and O–H groups in total. The van der Waals surface area contributed by atoms with E-state index in [1.807, 2.05) is 0 Å². The quantitative estimate of drug-likeness (QED) is 0.896. The topological polar surface area (TPSA) is 44.8 Å². The highest BCUT2D eigenvalue weighted by Gasteiger charge is 2.36. The number of nitrogens with zero attached hydrogens (tertiary/aromatic N) is 2. The van der Waals surface area contributed by atoms with Crippen LogP contribution in [0.3, 0.4) is 0 Å². The Bertz CT molecular complexity index is 652. The number of piperidine rings is 1. The monoisotopic (exact) mass is 355 g/mol.